The van der Waals surface area contributed by atoms with Crippen molar-refractivity contribution in [2.45, 2.75) is 40.2 Å². The highest BCUT2D eigenvalue weighted by molar-refractivity contribution is 6.09. The zero-order valence-corrected chi connectivity index (χ0v) is 17.1. The Morgan fingerprint density at radius 3 is 2.45 bits per heavy atom. The average molecular weight is 388 g/mol. The van der Waals surface area contributed by atoms with E-state index in [4.69, 9.17) is 20.4 Å². The molecule has 0 unspecified atom stereocenters. The summed E-state index contributed by atoms with van der Waals surface area (Å²) in [6.45, 7) is 7.92. The molecule has 0 spiro atoms. The average Bonchev–Trinajstić information content (AvgIpc) is 2.99. The zero-order chi connectivity index (χ0) is 20.7. The van der Waals surface area contributed by atoms with E-state index in [0.29, 0.717) is 16.7 Å². The van der Waals surface area contributed by atoms with Gasteiger partial charge in [0, 0.05) is 5.69 Å². The summed E-state index contributed by atoms with van der Waals surface area (Å²) >= 11 is 0. The minimum absolute atomic E-state index is 0.213. The molecule has 0 bridgehead atoms. The SMILES string of the molecule is CC[C@H](C)OC(=O)c1c(N)n(-c2ccc(C)c(C)c2)c2nc3ccccc3nc12. The molecular weight excluding hydrogens is 364 g/mol. The standard InChI is InChI=1S/C23H24N4O2/c1-5-15(4)29-23(28)19-20-22(26-18-9-7-6-8-17(18)25-20)27(21(19)24)16-11-10-13(2)14(3)12-16/h6-12,15H,5,24H2,1-4H3/t15-/m0/s1. The number of aryl methyl sites for hydroxylation is 2. The number of fused-ring (bicyclic) bond motifs is 2. The van der Waals surface area contributed by atoms with Crippen molar-refractivity contribution in [3.63, 3.8) is 0 Å². The number of benzene rings is 2. The van der Waals surface area contributed by atoms with Gasteiger partial charge in [0.1, 0.15) is 16.9 Å². The van der Waals surface area contributed by atoms with E-state index in [1.807, 2.05) is 63.2 Å². The fourth-order valence-electron chi connectivity index (χ4n) is 3.31. The third-order valence-electron chi connectivity index (χ3n) is 5.33. The molecule has 148 valence electrons. The predicted octanol–water partition coefficient (Wildman–Crippen LogP) is 4.73. The molecule has 0 aliphatic heterocycles. The van der Waals surface area contributed by atoms with Crippen LogP contribution in [0.15, 0.2) is 42.5 Å². The molecule has 0 radical (unpaired) electrons. The van der Waals surface area contributed by atoms with Gasteiger partial charge in [-0.2, -0.15) is 0 Å². The molecule has 6 nitrogen and oxygen atoms in total. The van der Waals surface area contributed by atoms with Gasteiger partial charge in [-0.3, -0.25) is 4.57 Å². The summed E-state index contributed by atoms with van der Waals surface area (Å²) in [5.41, 5.74) is 12.3. The number of para-hydroxylation sites is 2. The second-order valence-electron chi connectivity index (χ2n) is 7.37. The normalized spacial score (nSPS) is 12.4. The van der Waals surface area contributed by atoms with Crippen molar-refractivity contribution in [1.82, 2.24) is 14.5 Å². The molecule has 0 saturated heterocycles. The van der Waals surface area contributed by atoms with Crippen LogP contribution in [0.3, 0.4) is 0 Å². The van der Waals surface area contributed by atoms with Gasteiger partial charge < -0.3 is 10.5 Å². The van der Waals surface area contributed by atoms with Gasteiger partial charge in [0.15, 0.2) is 5.65 Å². The molecule has 2 heterocycles. The predicted molar refractivity (Wildman–Crippen MR) is 115 cm³/mol. The number of ether oxygens (including phenoxy) is 1. The van der Waals surface area contributed by atoms with Gasteiger partial charge in [-0.15, -0.1) is 0 Å². The van der Waals surface area contributed by atoms with Crippen molar-refractivity contribution >= 4 is 34.0 Å². The maximum absolute atomic E-state index is 13.0. The van der Waals surface area contributed by atoms with Crippen molar-refractivity contribution in [2.24, 2.45) is 0 Å². The van der Waals surface area contributed by atoms with E-state index in [2.05, 4.69) is 6.92 Å². The monoisotopic (exact) mass is 388 g/mol. The Labute approximate surface area is 169 Å². The van der Waals surface area contributed by atoms with E-state index >= 15 is 0 Å². The third-order valence-corrected chi connectivity index (χ3v) is 5.33. The Morgan fingerprint density at radius 2 is 1.79 bits per heavy atom. The van der Waals surface area contributed by atoms with Crippen molar-refractivity contribution in [1.29, 1.82) is 0 Å². The van der Waals surface area contributed by atoms with Gasteiger partial charge in [-0.1, -0.05) is 25.1 Å². The third kappa shape index (κ3) is 3.20. The number of carbonyl (C=O) groups excluding carboxylic acids is 1. The lowest BCUT2D eigenvalue weighted by Gasteiger charge is -2.12. The molecular formula is C23H24N4O2. The lowest BCUT2D eigenvalue weighted by Crippen LogP contribution is -2.15. The molecule has 0 aliphatic carbocycles. The van der Waals surface area contributed by atoms with Crippen LogP contribution in [0.1, 0.15) is 41.8 Å². The fourth-order valence-corrected chi connectivity index (χ4v) is 3.31. The van der Waals surface area contributed by atoms with E-state index < -0.39 is 5.97 Å². The van der Waals surface area contributed by atoms with Crippen molar-refractivity contribution < 1.29 is 9.53 Å². The largest absolute Gasteiger partial charge is 0.459 e. The topological polar surface area (TPSA) is 83.0 Å². The smallest absolute Gasteiger partial charge is 0.344 e. The lowest BCUT2D eigenvalue weighted by atomic mass is 10.1. The van der Waals surface area contributed by atoms with Gasteiger partial charge in [0.2, 0.25) is 0 Å². The fraction of sp³-hybridized carbons (Fsp3) is 0.261. The number of nitrogens with two attached hydrogens (primary N) is 1. The van der Waals surface area contributed by atoms with Gasteiger partial charge in [0.25, 0.3) is 0 Å². The molecule has 2 aromatic carbocycles. The molecule has 1 atom stereocenters. The first-order valence-corrected chi connectivity index (χ1v) is 9.76. The molecule has 2 aromatic heterocycles. The number of esters is 1. The number of hydrogen-bond acceptors (Lipinski definition) is 5. The second kappa shape index (κ2) is 7.20. The highest BCUT2D eigenvalue weighted by Crippen LogP contribution is 2.32. The minimum Gasteiger partial charge on any atom is -0.459 e. The van der Waals surface area contributed by atoms with Crippen LogP contribution in [0.25, 0.3) is 27.9 Å². The summed E-state index contributed by atoms with van der Waals surface area (Å²) in [4.78, 5) is 22.5. The summed E-state index contributed by atoms with van der Waals surface area (Å²) in [5.74, 6) is -0.194. The van der Waals surface area contributed by atoms with E-state index in [0.717, 1.165) is 23.2 Å². The van der Waals surface area contributed by atoms with Crippen LogP contribution in [0.2, 0.25) is 0 Å². The van der Waals surface area contributed by atoms with E-state index in [-0.39, 0.29) is 17.5 Å². The van der Waals surface area contributed by atoms with Crippen LogP contribution >= 0.6 is 0 Å². The first-order valence-electron chi connectivity index (χ1n) is 9.76. The number of nitrogens with zero attached hydrogens (tertiary/aromatic N) is 3. The number of nitrogen functional groups attached to an aromatic ring is 1. The van der Waals surface area contributed by atoms with Crippen LogP contribution in [-0.2, 0) is 4.74 Å². The number of rotatable bonds is 4. The van der Waals surface area contributed by atoms with Gasteiger partial charge in [-0.05, 0) is 62.6 Å². The summed E-state index contributed by atoms with van der Waals surface area (Å²) in [5, 5.41) is 0. The van der Waals surface area contributed by atoms with Crippen LogP contribution in [0.4, 0.5) is 5.82 Å². The minimum atomic E-state index is -0.478. The Hall–Kier alpha value is -3.41. The van der Waals surface area contributed by atoms with Gasteiger partial charge in [-0.25, -0.2) is 14.8 Å². The van der Waals surface area contributed by atoms with Crippen LogP contribution in [0.5, 0.6) is 0 Å². The van der Waals surface area contributed by atoms with E-state index in [1.165, 1.54) is 5.56 Å². The Morgan fingerprint density at radius 1 is 1.10 bits per heavy atom. The van der Waals surface area contributed by atoms with Crippen LogP contribution < -0.4 is 5.73 Å². The summed E-state index contributed by atoms with van der Waals surface area (Å²) < 4.78 is 7.36. The number of anilines is 1. The summed E-state index contributed by atoms with van der Waals surface area (Å²) in [6.07, 6.45) is 0.506. The van der Waals surface area contributed by atoms with Gasteiger partial charge >= 0.3 is 5.97 Å². The molecule has 4 rings (SSSR count). The highest BCUT2D eigenvalue weighted by Gasteiger charge is 2.26. The van der Waals surface area contributed by atoms with Crippen molar-refractivity contribution in [3.05, 3.63) is 59.2 Å². The molecule has 0 saturated carbocycles. The molecule has 2 N–H and O–H groups in total. The van der Waals surface area contributed by atoms with Crippen LogP contribution in [-0.4, -0.2) is 26.6 Å². The van der Waals surface area contributed by atoms with Gasteiger partial charge in [0.05, 0.1) is 17.1 Å². The Balaban J connectivity index is 2.04. The summed E-state index contributed by atoms with van der Waals surface area (Å²) in [6, 6.07) is 13.6. The van der Waals surface area contributed by atoms with Crippen molar-refractivity contribution in [3.8, 4) is 5.69 Å². The quantitative estimate of drug-likeness (QED) is 0.511. The lowest BCUT2D eigenvalue weighted by molar-refractivity contribution is 0.0338. The Bertz CT molecular complexity index is 1240. The number of hydrogen-bond donors (Lipinski definition) is 1. The molecule has 29 heavy (non-hydrogen) atoms. The summed E-state index contributed by atoms with van der Waals surface area (Å²) in [7, 11) is 0. The first-order chi connectivity index (χ1) is 13.9. The molecule has 6 heteroatoms. The van der Waals surface area contributed by atoms with Crippen LogP contribution in [0, 0.1) is 13.8 Å². The zero-order valence-electron chi connectivity index (χ0n) is 17.1. The first kappa shape index (κ1) is 18.9. The Kier molecular flexibility index (Phi) is 4.70. The second-order valence-corrected chi connectivity index (χ2v) is 7.37. The molecule has 0 fully saturated rings. The molecule has 0 amide bonds. The number of carbonyl (C=O) groups is 1. The maximum atomic E-state index is 13.0. The highest BCUT2D eigenvalue weighted by atomic mass is 16.5. The van der Waals surface area contributed by atoms with Crippen molar-refractivity contribution in [2.75, 3.05) is 5.73 Å². The van der Waals surface area contributed by atoms with E-state index in [9.17, 15) is 4.79 Å². The molecule has 0 aliphatic rings. The molecule has 4 aromatic rings. The number of aromatic nitrogens is 3. The maximum Gasteiger partial charge on any atom is 0.344 e. The van der Waals surface area contributed by atoms with E-state index in [1.54, 1.807) is 4.57 Å².